The molecular weight excluding hydrogens is 404 g/mol. The van der Waals surface area contributed by atoms with E-state index in [1.165, 1.54) is 20.8 Å². The van der Waals surface area contributed by atoms with E-state index in [2.05, 4.69) is 0 Å². The van der Waals surface area contributed by atoms with Crippen LogP contribution in [0.25, 0.3) is 0 Å². The fourth-order valence-corrected chi connectivity index (χ4v) is 3.28. The van der Waals surface area contributed by atoms with Gasteiger partial charge in [0.25, 0.3) is 10.1 Å². The summed E-state index contributed by atoms with van der Waals surface area (Å²) >= 11 is -2.11. The van der Waals surface area contributed by atoms with Gasteiger partial charge in [0, 0.05) is 12.3 Å². The molecule has 0 saturated heterocycles. The first-order valence-electron chi connectivity index (χ1n) is 8.21. The topological polar surface area (TPSA) is 153 Å². The van der Waals surface area contributed by atoms with Gasteiger partial charge < -0.3 is 19.1 Å². The molecule has 0 rings (SSSR count). The van der Waals surface area contributed by atoms with Crippen molar-refractivity contribution in [2.75, 3.05) is 18.1 Å². The van der Waals surface area contributed by atoms with Crippen molar-refractivity contribution in [3.05, 3.63) is 0 Å². The van der Waals surface area contributed by atoms with Gasteiger partial charge in [-0.25, -0.2) is 9.00 Å². The third-order valence-electron chi connectivity index (χ3n) is 3.32. The van der Waals surface area contributed by atoms with Gasteiger partial charge in [-0.3, -0.25) is 8.98 Å². The maximum absolute atomic E-state index is 12.0. The van der Waals surface area contributed by atoms with E-state index in [9.17, 15) is 27.3 Å². The summed E-state index contributed by atoms with van der Waals surface area (Å²) in [6, 6.07) is 0. The summed E-state index contributed by atoms with van der Waals surface area (Å²) in [6.07, 6.45) is -3.03. The molecule has 0 spiro atoms. The summed E-state index contributed by atoms with van der Waals surface area (Å²) in [5, 5.41) is 10.1. The number of aliphatic hydroxyl groups excluding tert-OH is 1. The van der Waals surface area contributed by atoms with Crippen LogP contribution in [-0.2, 0) is 44.4 Å². The molecule has 0 bridgehead atoms. The molecule has 2 N–H and O–H groups in total. The van der Waals surface area contributed by atoms with Gasteiger partial charge in [-0.2, -0.15) is 8.42 Å². The lowest BCUT2D eigenvalue weighted by atomic mass is 9.88. The molecule has 0 fully saturated rings. The van der Waals surface area contributed by atoms with Crippen molar-refractivity contribution in [3.63, 3.8) is 0 Å². The van der Waals surface area contributed by atoms with Crippen LogP contribution in [0.1, 0.15) is 41.0 Å². The number of carbonyl (C=O) groups excluding carboxylic acids is 2. The van der Waals surface area contributed by atoms with Crippen molar-refractivity contribution in [2.45, 2.75) is 53.4 Å². The summed E-state index contributed by atoms with van der Waals surface area (Å²) < 4.78 is 57.1. The highest BCUT2D eigenvalue weighted by Crippen LogP contribution is 2.24. The Hall–Kier alpha value is -1.08. The van der Waals surface area contributed by atoms with E-state index in [0.29, 0.717) is 0 Å². The number of hydrogen-bond acceptors (Lipinski definition) is 9. The molecule has 27 heavy (non-hydrogen) atoms. The maximum Gasteiger partial charge on any atom is 0.338 e. The zero-order valence-electron chi connectivity index (χ0n) is 16.0. The first-order chi connectivity index (χ1) is 12.2. The van der Waals surface area contributed by atoms with Crippen molar-refractivity contribution < 1.29 is 45.5 Å². The Labute approximate surface area is 162 Å². The monoisotopic (exact) mass is 432 g/mol. The predicted molar refractivity (Wildman–Crippen MR) is 96.3 cm³/mol. The van der Waals surface area contributed by atoms with Gasteiger partial charge in [-0.15, -0.1) is 0 Å². The van der Waals surface area contributed by atoms with E-state index in [0.717, 1.165) is 0 Å². The van der Waals surface area contributed by atoms with E-state index in [-0.39, 0.29) is 12.2 Å². The van der Waals surface area contributed by atoms with Gasteiger partial charge >= 0.3 is 11.9 Å². The lowest BCUT2D eigenvalue weighted by molar-refractivity contribution is -0.196. The highest BCUT2D eigenvalue weighted by Gasteiger charge is 2.37. The zero-order chi connectivity index (χ0) is 21.4. The van der Waals surface area contributed by atoms with Gasteiger partial charge in [-0.1, -0.05) is 27.7 Å². The van der Waals surface area contributed by atoms with Crippen LogP contribution in [0.3, 0.4) is 0 Å². The van der Waals surface area contributed by atoms with Gasteiger partial charge in [0.15, 0.2) is 17.2 Å². The number of rotatable bonds is 12. The quantitative estimate of drug-likeness (QED) is 0.192. The minimum absolute atomic E-state index is 0.0742. The summed E-state index contributed by atoms with van der Waals surface area (Å²) in [6.45, 7) is 6.78. The van der Waals surface area contributed by atoms with Crippen molar-refractivity contribution in [2.24, 2.45) is 11.3 Å². The largest absolute Gasteiger partial charge is 0.425 e. The van der Waals surface area contributed by atoms with E-state index in [4.69, 9.17) is 18.2 Å². The first kappa shape index (κ1) is 25.9. The van der Waals surface area contributed by atoms with Crippen molar-refractivity contribution in [1.82, 2.24) is 0 Å². The molecule has 0 aliphatic carbocycles. The standard InChI is InChI=1S/C15H28O10S2/c1-10(2)13(17)24-11(3)25-14(18)12(16)15(4,5)9-23-27(21,22)8-6-7-26(19)20/h10-12,16H,6-9H2,1-5H3,(H,19,20)/t11?,12-/m1/s1. The molecule has 0 aromatic rings. The third kappa shape index (κ3) is 10.7. The fourth-order valence-electron chi connectivity index (χ4n) is 1.61. The van der Waals surface area contributed by atoms with Crippen LogP contribution in [0.15, 0.2) is 0 Å². The summed E-state index contributed by atoms with van der Waals surface area (Å²) in [5.74, 6) is -2.79. The Morgan fingerprint density at radius 3 is 2.11 bits per heavy atom. The van der Waals surface area contributed by atoms with Gasteiger partial charge in [0.1, 0.15) is 0 Å². The Morgan fingerprint density at radius 2 is 1.63 bits per heavy atom. The number of esters is 2. The molecule has 0 saturated carbocycles. The van der Waals surface area contributed by atoms with E-state index in [1.54, 1.807) is 13.8 Å². The predicted octanol–water partition coefficient (Wildman–Crippen LogP) is 0.420. The SMILES string of the molecule is CC(OC(=O)C(C)C)OC(=O)[C@@H](O)C(C)(C)COS(=O)(=O)CCCS(=O)O. The lowest BCUT2D eigenvalue weighted by Gasteiger charge is -2.29. The molecular formula is C15H28O10S2. The minimum Gasteiger partial charge on any atom is -0.425 e. The molecule has 10 nitrogen and oxygen atoms in total. The number of ether oxygens (including phenoxy) is 2. The van der Waals surface area contributed by atoms with Crippen molar-refractivity contribution >= 4 is 33.1 Å². The highest BCUT2D eigenvalue weighted by molar-refractivity contribution is 7.86. The number of hydrogen-bond donors (Lipinski definition) is 2. The van der Waals surface area contributed by atoms with Gasteiger partial charge in [0.05, 0.1) is 24.0 Å². The Bertz CT molecular complexity index is 627. The van der Waals surface area contributed by atoms with Crippen LogP contribution in [0.5, 0.6) is 0 Å². The average molecular weight is 433 g/mol. The minimum atomic E-state index is -4.00. The Kier molecular flexibility index (Phi) is 10.6. The number of aliphatic hydroxyl groups is 1. The maximum atomic E-state index is 12.0. The zero-order valence-corrected chi connectivity index (χ0v) is 17.7. The third-order valence-corrected chi connectivity index (χ3v) is 5.23. The second-order valence-corrected chi connectivity index (χ2v) is 9.70. The molecule has 0 aliphatic rings. The van der Waals surface area contributed by atoms with Crippen LogP contribution in [-0.4, -0.2) is 64.7 Å². The molecule has 0 heterocycles. The van der Waals surface area contributed by atoms with Gasteiger partial charge in [0.2, 0.25) is 6.29 Å². The summed E-state index contributed by atoms with van der Waals surface area (Å²) in [7, 11) is -4.00. The van der Waals surface area contributed by atoms with E-state index in [1.807, 2.05) is 0 Å². The first-order valence-corrected chi connectivity index (χ1v) is 11.1. The van der Waals surface area contributed by atoms with Crippen LogP contribution in [0.4, 0.5) is 0 Å². The van der Waals surface area contributed by atoms with Crippen molar-refractivity contribution in [3.8, 4) is 0 Å². The van der Waals surface area contributed by atoms with E-state index < -0.39 is 69.2 Å². The Balaban J connectivity index is 4.64. The second kappa shape index (κ2) is 11.1. The van der Waals surface area contributed by atoms with Crippen LogP contribution < -0.4 is 0 Å². The molecule has 12 heteroatoms. The fraction of sp³-hybridized carbons (Fsp3) is 0.867. The molecule has 3 atom stereocenters. The molecule has 0 aromatic heterocycles. The van der Waals surface area contributed by atoms with Crippen LogP contribution in [0, 0.1) is 11.3 Å². The molecule has 0 aliphatic heterocycles. The van der Waals surface area contributed by atoms with E-state index >= 15 is 0 Å². The molecule has 0 aromatic carbocycles. The smallest absolute Gasteiger partial charge is 0.338 e. The number of carbonyl (C=O) groups is 2. The molecule has 0 radical (unpaired) electrons. The molecule has 0 amide bonds. The average Bonchev–Trinajstić information content (AvgIpc) is 2.51. The van der Waals surface area contributed by atoms with Crippen molar-refractivity contribution in [1.29, 1.82) is 0 Å². The Morgan fingerprint density at radius 1 is 1.11 bits per heavy atom. The highest BCUT2D eigenvalue weighted by atomic mass is 32.2. The van der Waals surface area contributed by atoms with Crippen LogP contribution >= 0.6 is 0 Å². The van der Waals surface area contributed by atoms with Gasteiger partial charge in [-0.05, 0) is 6.42 Å². The lowest BCUT2D eigenvalue weighted by Crippen LogP contribution is -2.43. The van der Waals surface area contributed by atoms with Crippen LogP contribution in [0.2, 0.25) is 0 Å². The summed E-state index contributed by atoms with van der Waals surface area (Å²) in [5.41, 5.74) is -1.33. The molecule has 160 valence electrons. The normalized spacial score (nSPS) is 15.9. The molecule has 2 unspecified atom stereocenters. The second-order valence-electron chi connectivity index (χ2n) is 6.89. The summed E-state index contributed by atoms with van der Waals surface area (Å²) in [4.78, 5) is 23.4.